The normalized spacial score (nSPS) is 19.5. The van der Waals surface area contributed by atoms with Crippen molar-refractivity contribution < 1.29 is 24.2 Å². The standard InChI is InChI=1S/C29H38N2O5/c1-18(2)16-22(31(5)29(35)36-17-20-12-8-6-9-13-20)28(34)30-25(19(3)4)27(33)24-23(26(24)32)21-14-10-7-11-15-21/h6-15,18-19,22-25,27,33H,16-17H2,1-5H3,(H,30,34)/t22-,23?,24?,25-,27-/m0/s1. The highest BCUT2D eigenvalue weighted by atomic mass is 16.6. The monoisotopic (exact) mass is 494 g/mol. The number of hydrogen-bond donors (Lipinski definition) is 2. The van der Waals surface area contributed by atoms with Gasteiger partial charge in [0, 0.05) is 7.05 Å². The molecule has 0 bridgehead atoms. The Morgan fingerprint density at radius 3 is 2.14 bits per heavy atom. The molecule has 0 radical (unpaired) electrons. The third-order valence-corrected chi connectivity index (χ3v) is 6.76. The van der Waals surface area contributed by atoms with Gasteiger partial charge in [0.15, 0.2) is 0 Å². The van der Waals surface area contributed by atoms with E-state index in [-0.39, 0.29) is 36.1 Å². The van der Waals surface area contributed by atoms with Gasteiger partial charge in [0.25, 0.3) is 0 Å². The van der Waals surface area contributed by atoms with Gasteiger partial charge in [0.05, 0.1) is 24.0 Å². The first-order valence-electron chi connectivity index (χ1n) is 12.6. The second-order valence-electron chi connectivity index (χ2n) is 10.4. The zero-order chi connectivity index (χ0) is 26.4. The Bertz CT molecular complexity index is 1020. The maximum Gasteiger partial charge on any atom is 0.410 e. The lowest BCUT2D eigenvalue weighted by Gasteiger charge is -2.32. The Morgan fingerprint density at radius 1 is 1.00 bits per heavy atom. The molecule has 1 fully saturated rings. The Morgan fingerprint density at radius 2 is 1.58 bits per heavy atom. The molecule has 2 amide bonds. The highest BCUT2D eigenvalue weighted by Crippen LogP contribution is 2.46. The van der Waals surface area contributed by atoms with Crippen LogP contribution < -0.4 is 5.32 Å². The molecular formula is C29H38N2O5. The number of aliphatic hydroxyl groups is 1. The Balaban J connectivity index is 1.69. The number of aliphatic hydroxyl groups excluding tert-OH is 1. The van der Waals surface area contributed by atoms with Gasteiger partial charge in [-0.25, -0.2) is 4.79 Å². The van der Waals surface area contributed by atoms with E-state index in [1.54, 1.807) is 7.05 Å². The fourth-order valence-corrected chi connectivity index (χ4v) is 4.62. The van der Waals surface area contributed by atoms with Crippen molar-refractivity contribution in [1.82, 2.24) is 10.2 Å². The molecule has 1 aliphatic carbocycles. The molecule has 0 saturated heterocycles. The highest BCUT2D eigenvalue weighted by molar-refractivity contribution is 6.05. The number of nitrogens with zero attached hydrogens (tertiary/aromatic N) is 1. The summed E-state index contributed by atoms with van der Waals surface area (Å²) in [6.45, 7) is 7.86. The van der Waals surface area contributed by atoms with Crippen LogP contribution in [0.5, 0.6) is 0 Å². The summed E-state index contributed by atoms with van der Waals surface area (Å²) in [5.41, 5.74) is 1.73. The van der Waals surface area contributed by atoms with Crippen LogP contribution in [-0.4, -0.2) is 53.0 Å². The zero-order valence-corrected chi connectivity index (χ0v) is 21.8. The molecule has 0 heterocycles. The molecule has 7 nitrogen and oxygen atoms in total. The minimum atomic E-state index is -1.03. The van der Waals surface area contributed by atoms with Gasteiger partial charge in [-0.05, 0) is 29.4 Å². The first-order valence-corrected chi connectivity index (χ1v) is 12.6. The second kappa shape index (κ2) is 12.2. The van der Waals surface area contributed by atoms with E-state index in [1.165, 1.54) is 4.90 Å². The largest absolute Gasteiger partial charge is 0.445 e. The topological polar surface area (TPSA) is 95.9 Å². The van der Waals surface area contributed by atoms with Crippen LogP contribution in [0.15, 0.2) is 60.7 Å². The fourth-order valence-electron chi connectivity index (χ4n) is 4.62. The smallest absolute Gasteiger partial charge is 0.410 e. The van der Waals surface area contributed by atoms with Crippen molar-refractivity contribution >= 4 is 17.8 Å². The Labute approximate surface area is 213 Å². The number of likely N-dealkylation sites (N-methyl/N-ethyl adjacent to an activating group) is 1. The molecule has 2 aromatic rings. The van der Waals surface area contributed by atoms with E-state index in [0.717, 1.165) is 11.1 Å². The Hall–Kier alpha value is -3.19. The maximum atomic E-state index is 13.4. The molecule has 2 aromatic carbocycles. The number of rotatable bonds is 11. The maximum absolute atomic E-state index is 13.4. The quantitative estimate of drug-likeness (QED) is 0.489. The van der Waals surface area contributed by atoms with E-state index >= 15 is 0 Å². The summed E-state index contributed by atoms with van der Waals surface area (Å²) in [7, 11) is 1.55. The molecule has 2 N–H and O–H groups in total. The van der Waals surface area contributed by atoms with Crippen molar-refractivity contribution in [1.29, 1.82) is 0 Å². The highest BCUT2D eigenvalue weighted by Gasteiger charge is 2.56. The molecule has 36 heavy (non-hydrogen) atoms. The van der Waals surface area contributed by atoms with Crippen LogP contribution in [0.1, 0.15) is 51.2 Å². The fraction of sp³-hybridized carbons (Fsp3) is 0.483. The molecule has 194 valence electrons. The van der Waals surface area contributed by atoms with Gasteiger partial charge in [-0.2, -0.15) is 0 Å². The number of Topliss-reactive ketones (excluding diaryl/α,β-unsaturated/α-hetero) is 1. The number of hydrogen-bond acceptors (Lipinski definition) is 5. The van der Waals surface area contributed by atoms with Gasteiger partial charge in [-0.3, -0.25) is 14.5 Å². The zero-order valence-electron chi connectivity index (χ0n) is 21.8. The van der Waals surface area contributed by atoms with Gasteiger partial charge in [-0.15, -0.1) is 0 Å². The number of amides is 2. The van der Waals surface area contributed by atoms with E-state index in [1.807, 2.05) is 88.4 Å². The van der Waals surface area contributed by atoms with Gasteiger partial charge in [0.1, 0.15) is 18.4 Å². The number of ether oxygens (including phenoxy) is 1. The van der Waals surface area contributed by atoms with Crippen LogP contribution in [0, 0.1) is 17.8 Å². The van der Waals surface area contributed by atoms with Crippen molar-refractivity contribution in [3.05, 3.63) is 71.8 Å². The number of carbonyl (C=O) groups is 3. The van der Waals surface area contributed by atoms with Gasteiger partial charge in [0.2, 0.25) is 5.91 Å². The molecule has 0 spiro atoms. The molecule has 2 unspecified atom stereocenters. The van der Waals surface area contributed by atoms with Crippen LogP contribution in [0.3, 0.4) is 0 Å². The summed E-state index contributed by atoms with van der Waals surface area (Å²) >= 11 is 0. The minimum Gasteiger partial charge on any atom is -0.445 e. The van der Waals surface area contributed by atoms with E-state index in [2.05, 4.69) is 5.32 Å². The van der Waals surface area contributed by atoms with Crippen molar-refractivity contribution in [2.45, 2.75) is 64.8 Å². The Kier molecular flexibility index (Phi) is 9.26. The van der Waals surface area contributed by atoms with E-state index in [4.69, 9.17) is 4.74 Å². The van der Waals surface area contributed by atoms with Crippen LogP contribution in [0.2, 0.25) is 0 Å². The first kappa shape index (κ1) is 27.4. The van der Waals surface area contributed by atoms with E-state index in [9.17, 15) is 19.5 Å². The van der Waals surface area contributed by atoms with Crippen molar-refractivity contribution in [2.75, 3.05) is 7.05 Å². The SMILES string of the molecule is CC(C)C[C@@H](C(=O)N[C@@H](C(C)C)[C@@H](O)C1C(=O)C1c1ccccc1)N(C)C(=O)OCc1ccccc1. The number of nitrogens with one attached hydrogen (secondary N) is 1. The molecule has 3 rings (SSSR count). The van der Waals surface area contributed by atoms with E-state index in [0.29, 0.717) is 6.42 Å². The predicted octanol–water partition coefficient (Wildman–Crippen LogP) is 4.15. The first-order chi connectivity index (χ1) is 17.1. The summed E-state index contributed by atoms with van der Waals surface area (Å²) < 4.78 is 5.44. The molecule has 1 aliphatic rings. The van der Waals surface area contributed by atoms with Crippen molar-refractivity contribution in [2.24, 2.45) is 17.8 Å². The predicted molar refractivity (Wildman–Crippen MR) is 138 cm³/mol. The summed E-state index contributed by atoms with van der Waals surface area (Å²) in [6.07, 6.45) is -1.19. The number of carbonyl (C=O) groups excluding carboxylic acids is 3. The molecule has 7 heteroatoms. The third-order valence-electron chi connectivity index (χ3n) is 6.76. The summed E-state index contributed by atoms with van der Waals surface area (Å²) in [5, 5.41) is 14.1. The minimum absolute atomic E-state index is 0.0195. The van der Waals surface area contributed by atoms with Crippen LogP contribution in [-0.2, 0) is 20.9 Å². The summed E-state index contributed by atoms with van der Waals surface area (Å²) in [4.78, 5) is 40.1. The van der Waals surface area contributed by atoms with Gasteiger partial charge < -0.3 is 15.2 Å². The summed E-state index contributed by atoms with van der Waals surface area (Å²) in [6, 6.07) is 17.3. The third kappa shape index (κ3) is 6.72. The van der Waals surface area contributed by atoms with Crippen LogP contribution >= 0.6 is 0 Å². The number of ketones is 1. The van der Waals surface area contributed by atoms with Crippen molar-refractivity contribution in [3.8, 4) is 0 Å². The van der Waals surface area contributed by atoms with E-state index < -0.39 is 30.2 Å². The van der Waals surface area contributed by atoms with Gasteiger partial charge in [-0.1, -0.05) is 88.4 Å². The van der Waals surface area contributed by atoms with Crippen molar-refractivity contribution in [3.63, 3.8) is 0 Å². The molecule has 1 saturated carbocycles. The lowest BCUT2D eigenvalue weighted by atomic mass is 9.92. The van der Waals surface area contributed by atoms with Crippen LogP contribution in [0.4, 0.5) is 4.79 Å². The molecule has 0 aromatic heterocycles. The lowest BCUT2D eigenvalue weighted by Crippen LogP contribution is -2.55. The average Bonchev–Trinajstić information content (AvgIpc) is 3.54. The average molecular weight is 495 g/mol. The number of benzene rings is 2. The molecule has 5 atom stereocenters. The lowest BCUT2D eigenvalue weighted by molar-refractivity contribution is -0.128. The van der Waals surface area contributed by atoms with Crippen LogP contribution in [0.25, 0.3) is 0 Å². The summed E-state index contributed by atoms with van der Waals surface area (Å²) in [5.74, 6) is -1.29. The molecule has 0 aliphatic heterocycles. The second-order valence-corrected chi connectivity index (χ2v) is 10.4. The van der Waals surface area contributed by atoms with Gasteiger partial charge >= 0.3 is 6.09 Å². The molecular weight excluding hydrogens is 456 g/mol.